The number of rotatable bonds is 2. The molecular formula is C13H12BrNO2. The van der Waals surface area contributed by atoms with Gasteiger partial charge in [0.1, 0.15) is 0 Å². The zero-order valence-corrected chi connectivity index (χ0v) is 10.8. The number of halogens is 1. The van der Waals surface area contributed by atoms with Gasteiger partial charge in [0.25, 0.3) is 0 Å². The fourth-order valence-electron chi connectivity index (χ4n) is 2.39. The van der Waals surface area contributed by atoms with Crippen molar-refractivity contribution in [2.45, 2.75) is 12.5 Å². The van der Waals surface area contributed by atoms with Crippen LogP contribution in [0.4, 0.5) is 0 Å². The molecule has 0 bridgehead atoms. The lowest BCUT2D eigenvalue weighted by atomic mass is 10.2. The Balaban J connectivity index is 2.21. The summed E-state index contributed by atoms with van der Waals surface area (Å²) in [6.45, 7) is 1.54. The number of aldehydes is 1. The van der Waals surface area contributed by atoms with Crippen molar-refractivity contribution in [2.24, 2.45) is 0 Å². The molecule has 3 rings (SSSR count). The first-order valence-corrected chi connectivity index (χ1v) is 6.42. The molecule has 1 unspecified atom stereocenters. The number of hydrogen-bond donors (Lipinski definition) is 0. The van der Waals surface area contributed by atoms with Gasteiger partial charge in [-0.3, -0.25) is 4.79 Å². The summed E-state index contributed by atoms with van der Waals surface area (Å²) in [5.74, 6) is 0. The van der Waals surface area contributed by atoms with Crippen LogP contribution < -0.4 is 0 Å². The van der Waals surface area contributed by atoms with Crippen molar-refractivity contribution in [3.8, 4) is 0 Å². The first-order valence-electron chi connectivity index (χ1n) is 5.62. The molecule has 0 N–H and O–H groups in total. The van der Waals surface area contributed by atoms with Crippen LogP contribution in [0.5, 0.6) is 0 Å². The zero-order valence-electron chi connectivity index (χ0n) is 9.23. The molecule has 2 aromatic rings. The second-order valence-corrected chi connectivity index (χ2v) is 5.20. The van der Waals surface area contributed by atoms with Crippen molar-refractivity contribution in [2.75, 3.05) is 13.2 Å². The first kappa shape index (κ1) is 11.0. The maximum absolute atomic E-state index is 11.1. The molecule has 0 radical (unpaired) electrons. The Morgan fingerprint density at radius 2 is 2.35 bits per heavy atom. The molecule has 0 aliphatic carbocycles. The third-order valence-electron chi connectivity index (χ3n) is 3.25. The lowest BCUT2D eigenvalue weighted by molar-refractivity contribution is 0.112. The van der Waals surface area contributed by atoms with Crippen molar-refractivity contribution < 1.29 is 9.53 Å². The van der Waals surface area contributed by atoms with Gasteiger partial charge in [0.2, 0.25) is 0 Å². The number of nitrogens with zero attached hydrogens (tertiary/aromatic N) is 1. The summed E-state index contributed by atoms with van der Waals surface area (Å²) in [6, 6.07) is 6.40. The Bertz CT molecular complexity index is 570. The van der Waals surface area contributed by atoms with E-state index in [1.807, 2.05) is 24.4 Å². The SMILES string of the molecule is O=Cc1cn(C2CCOC2)c2ccc(Br)cc12. The van der Waals surface area contributed by atoms with Crippen molar-refractivity contribution >= 4 is 33.1 Å². The van der Waals surface area contributed by atoms with E-state index in [-0.39, 0.29) is 0 Å². The number of hydrogen-bond acceptors (Lipinski definition) is 2. The summed E-state index contributed by atoms with van der Waals surface area (Å²) in [4.78, 5) is 11.1. The normalized spacial score (nSPS) is 19.9. The summed E-state index contributed by atoms with van der Waals surface area (Å²) in [5, 5.41) is 1.00. The van der Waals surface area contributed by atoms with Crippen LogP contribution in [0, 0.1) is 0 Å². The highest BCUT2D eigenvalue weighted by Gasteiger charge is 2.20. The Hall–Kier alpha value is -1.13. The maximum atomic E-state index is 11.1. The highest BCUT2D eigenvalue weighted by molar-refractivity contribution is 9.10. The van der Waals surface area contributed by atoms with Gasteiger partial charge in [0.15, 0.2) is 6.29 Å². The van der Waals surface area contributed by atoms with E-state index >= 15 is 0 Å². The van der Waals surface area contributed by atoms with Crippen LogP contribution in [0.25, 0.3) is 10.9 Å². The molecule has 0 amide bonds. The summed E-state index contributed by atoms with van der Waals surface area (Å²) >= 11 is 3.44. The maximum Gasteiger partial charge on any atom is 0.152 e. The van der Waals surface area contributed by atoms with Crippen LogP contribution in [-0.4, -0.2) is 24.1 Å². The molecule has 1 aliphatic heterocycles. The van der Waals surface area contributed by atoms with E-state index in [1.165, 1.54) is 0 Å². The van der Waals surface area contributed by atoms with Gasteiger partial charge in [-0.2, -0.15) is 0 Å². The summed E-state index contributed by atoms with van der Waals surface area (Å²) < 4.78 is 8.57. The van der Waals surface area contributed by atoms with Gasteiger partial charge in [-0.1, -0.05) is 15.9 Å². The van der Waals surface area contributed by atoms with E-state index in [0.29, 0.717) is 6.04 Å². The molecule has 1 saturated heterocycles. The molecule has 4 heteroatoms. The van der Waals surface area contributed by atoms with Crippen LogP contribution in [0.1, 0.15) is 22.8 Å². The predicted octanol–water partition coefficient (Wildman–Crippen LogP) is 3.18. The minimum Gasteiger partial charge on any atom is -0.379 e. The number of fused-ring (bicyclic) bond motifs is 1. The largest absolute Gasteiger partial charge is 0.379 e. The van der Waals surface area contributed by atoms with Crippen molar-refractivity contribution in [1.29, 1.82) is 0 Å². The fraction of sp³-hybridized carbons (Fsp3) is 0.308. The smallest absolute Gasteiger partial charge is 0.152 e. The van der Waals surface area contributed by atoms with Gasteiger partial charge in [-0.15, -0.1) is 0 Å². The molecule has 3 nitrogen and oxygen atoms in total. The van der Waals surface area contributed by atoms with Gasteiger partial charge in [0, 0.05) is 33.7 Å². The third-order valence-corrected chi connectivity index (χ3v) is 3.75. The summed E-state index contributed by atoms with van der Waals surface area (Å²) in [7, 11) is 0. The minimum absolute atomic E-state index is 0.354. The molecule has 88 valence electrons. The van der Waals surface area contributed by atoms with Gasteiger partial charge >= 0.3 is 0 Å². The Morgan fingerprint density at radius 3 is 3.06 bits per heavy atom. The Labute approximate surface area is 107 Å². The van der Waals surface area contributed by atoms with Gasteiger partial charge in [0.05, 0.1) is 12.6 Å². The monoisotopic (exact) mass is 293 g/mol. The number of carbonyl (C=O) groups is 1. The highest BCUT2D eigenvalue weighted by Crippen LogP contribution is 2.29. The van der Waals surface area contributed by atoms with Gasteiger partial charge in [-0.05, 0) is 24.6 Å². The van der Waals surface area contributed by atoms with Crippen LogP contribution in [0.2, 0.25) is 0 Å². The average Bonchev–Trinajstić information content (AvgIpc) is 2.94. The van der Waals surface area contributed by atoms with E-state index in [2.05, 4.69) is 20.5 Å². The van der Waals surface area contributed by atoms with Crippen LogP contribution in [0.3, 0.4) is 0 Å². The minimum atomic E-state index is 0.354. The van der Waals surface area contributed by atoms with E-state index in [1.54, 1.807) is 0 Å². The fourth-order valence-corrected chi connectivity index (χ4v) is 2.75. The molecule has 1 fully saturated rings. The van der Waals surface area contributed by atoms with Gasteiger partial charge < -0.3 is 9.30 Å². The second-order valence-electron chi connectivity index (χ2n) is 4.29. The topological polar surface area (TPSA) is 31.2 Å². The summed E-state index contributed by atoms with van der Waals surface area (Å²) in [5.41, 5.74) is 1.85. The van der Waals surface area contributed by atoms with Gasteiger partial charge in [-0.25, -0.2) is 0 Å². The van der Waals surface area contributed by atoms with Crippen LogP contribution in [-0.2, 0) is 4.74 Å². The van der Waals surface area contributed by atoms with Crippen LogP contribution in [0.15, 0.2) is 28.9 Å². The molecule has 1 aliphatic rings. The molecular weight excluding hydrogens is 282 g/mol. The zero-order chi connectivity index (χ0) is 11.8. The van der Waals surface area contributed by atoms with Crippen molar-refractivity contribution in [3.63, 3.8) is 0 Å². The van der Waals surface area contributed by atoms with E-state index in [0.717, 1.165) is 46.9 Å². The number of carbonyl (C=O) groups excluding carboxylic acids is 1. The Kier molecular flexibility index (Phi) is 2.76. The third kappa shape index (κ3) is 1.81. The molecule has 17 heavy (non-hydrogen) atoms. The molecule has 1 atom stereocenters. The average molecular weight is 294 g/mol. The lowest BCUT2D eigenvalue weighted by Gasteiger charge is -2.11. The Morgan fingerprint density at radius 1 is 1.47 bits per heavy atom. The molecule has 1 aromatic carbocycles. The van der Waals surface area contributed by atoms with Crippen LogP contribution >= 0.6 is 15.9 Å². The number of aromatic nitrogens is 1. The first-order chi connectivity index (χ1) is 8.29. The number of benzene rings is 1. The molecule has 0 spiro atoms. The lowest BCUT2D eigenvalue weighted by Crippen LogP contribution is -2.06. The van der Waals surface area contributed by atoms with Crippen molar-refractivity contribution in [3.05, 3.63) is 34.4 Å². The number of ether oxygens (including phenoxy) is 1. The summed E-state index contributed by atoms with van der Waals surface area (Å²) in [6.07, 6.45) is 3.86. The van der Waals surface area contributed by atoms with E-state index in [4.69, 9.17) is 4.74 Å². The predicted molar refractivity (Wildman–Crippen MR) is 69.5 cm³/mol. The van der Waals surface area contributed by atoms with E-state index < -0.39 is 0 Å². The van der Waals surface area contributed by atoms with Crippen molar-refractivity contribution in [1.82, 2.24) is 4.57 Å². The highest BCUT2D eigenvalue weighted by atomic mass is 79.9. The molecule has 1 aromatic heterocycles. The second kappa shape index (κ2) is 4.27. The standard InChI is InChI=1S/C13H12BrNO2/c14-10-1-2-13-12(5-10)9(7-16)6-15(13)11-3-4-17-8-11/h1-2,5-7,11H,3-4,8H2. The van der Waals surface area contributed by atoms with E-state index in [9.17, 15) is 4.79 Å². The molecule has 0 saturated carbocycles. The quantitative estimate of drug-likeness (QED) is 0.797. The molecule has 2 heterocycles.